The van der Waals surface area contributed by atoms with Gasteiger partial charge in [-0.15, -0.1) is 0 Å². The highest BCUT2D eigenvalue weighted by molar-refractivity contribution is 5.77. The topological polar surface area (TPSA) is 85.3 Å². The first-order valence-corrected chi connectivity index (χ1v) is 8.69. The molecule has 0 aromatic heterocycles. The Labute approximate surface area is 154 Å². The summed E-state index contributed by atoms with van der Waals surface area (Å²) in [6.07, 6.45) is 0.932. The molecule has 1 unspecified atom stereocenters. The summed E-state index contributed by atoms with van der Waals surface area (Å²) >= 11 is 0. The smallest absolute Gasteiger partial charge is 0.312 e. The van der Waals surface area contributed by atoms with Crippen LogP contribution in [0.4, 0.5) is 0 Å². The van der Waals surface area contributed by atoms with Crippen LogP contribution >= 0.6 is 0 Å². The molecule has 146 valence electrons. The molecule has 0 amide bonds. The number of nitrogens with zero attached hydrogens (tertiary/aromatic N) is 1. The van der Waals surface area contributed by atoms with E-state index in [1.165, 1.54) is 0 Å². The zero-order valence-corrected chi connectivity index (χ0v) is 16.2. The van der Waals surface area contributed by atoms with Gasteiger partial charge in [0.1, 0.15) is 11.5 Å². The molecule has 26 heavy (non-hydrogen) atoms. The van der Waals surface area contributed by atoms with E-state index in [0.717, 1.165) is 5.56 Å². The SMILES string of the molecule is CCOC(=O)CCN(C)CC(C(=O)O)c1cc(OC)c(CC)c(OC)c1. The summed E-state index contributed by atoms with van der Waals surface area (Å²) in [5, 5.41) is 9.69. The van der Waals surface area contributed by atoms with Crippen molar-refractivity contribution >= 4 is 11.9 Å². The Morgan fingerprint density at radius 3 is 2.15 bits per heavy atom. The number of methoxy groups -OCH3 is 2. The summed E-state index contributed by atoms with van der Waals surface area (Å²) < 4.78 is 15.7. The number of benzene rings is 1. The third kappa shape index (κ3) is 5.91. The number of ether oxygens (including phenoxy) is 3. The van der Waals surface area contributed by atoms with Gasteiger partial charge in [0.05, 0.1) is 33.2 Å². The molecule has 1 atom stereocenters. The summed E-state index contributed by atoms with van der Waals surface area (Å²) in [6, 6.07) is 3.50. The Morgan fingerprint density at radius 2 is 1.73 bits per heavy atom. The van der Waals surface area contributed by atoms with Crippen LogP contribution in [0.25, 0.3) is 0 Å². The second kappa shape index (κ2) is 10.7. The van der Waals surface area contributed by atoms with E-state index in [-0.39, 0.29) is 18.9 Å². The van der Waals surface area contributed by atoms with Crippen LogP contribution in [0.3, 0.4) is 0 Å². The summed E-state index contributed by atoms with van der Waals surface area (Å²) in [5.41, 5.74) is 1.50. The highest BCUT2D eigenvalue weighted by Gasteiger charge is 2.25. The van der Waals surface area contributed by atoms with E-state index >= 15 is 0 Å². The van der Waals surface area contributed by atoms with Gasteiger partial charge in [-0.2, -0.15) is 0 Å². The Balaban J connectivity index is 2.99. The predicted octanol–water partition coefficient (Wildman–Crippen LogP) is 2.32. The second-order valence-electron chi connectivity index (χ2n) is 5.97. The van der Waals surface area contributed by atoms with E-state index in [0.29, 0.717) is 36.6 Å². The van der Waals surface area contributed by atoms with E-state index in [2.05, 4.69) is 0 Å². The van der Waals surface area contributed by atoms with Crippen LogP contribution in [-0.2, 0) is 20.7 Å². The number of carboxylic acid groups (broad SMARTS) is 1. The molecule has 0 saturated heterocycles. The standard InChI is InChI=1S/C19H29NO6/c1-6-14-16(24-4)10-13(11-17(14)25-5)15(19(22)23)12-20(3)9-8-18(21)26-7-2/h10-11,15H,6-9,12H2,1-5H3,(H,22,23). The summed E-state index contributed by atoms with van der Waals surface area (Å²) in [7, 11) is 4.89. The van der Waals surface area contributed by atoms with Crippen molar-refractivity contribution < 1.29 is 28.9 Å². The van der Waals surface area contributed by atoms with E-state index in [4.69, 9.17) is 14.2 Å². The van der Waals surface area contributed by atoms with Crippen molar-refractivity contribution in [1.29, 1.82) is 0 Å². The number of carbonyl (C=O) groups is 2. The fourth-order valence-corrected chi connectivity index (χ4v) is 2.80. The Bertz CT molecular complexity index is 591. The van der Waals surface area contributed by atoms with Gasteiger partial charge in [0, 0.05) is 18.7 Å². The summed E-state index contributed by atoms with van der Waals surface area (Å²) in [6.45, 7) is 4.75. The van der Waals surface area contributed by atoms with Gasteiger partial charge in [0.2, 0.25) is 0 Å². The minimum atomic E-state index is -0.943. The molecule has 0 aliphatic rings. The molecular weight excluding hydrogens is 338 g/mol. The Hall–Kier alpha value is -2.28. The third-order valence-corrected chi connectivity index (χ3v) is 4.18. The van der Waals surface area contributed by atoms with Crippen molar-refractivity contribution in [2.75, 3.05) is 41.0 Å². The fraction of sp³-hybridized carbons (Fsp3) is 0.579. The molecule has 0 aliphatic heterocycles. The van der Waals surface area contributed by atoms with Crippen LogP contribution in [0, 0.1) is 0 Å². The molecule has 0 spiro atoms. The molecule has 0 aliphatic carbocycles. The highest BCUT2D eigenvalue weighted by atomic mass is 16.5. The molecule has 7 heteroatoms. The molecule has 0 radical (unpaired) electrons. The minimum Gasteiger partial charge on any atom is -0.496 e. The maximum absolute atomic E-state index is 11.8. The molecule has 1 aromatic rings. The van der Waals surface area contributed by atoms with Crippen molar-refractivity contribution in [3.05, 3.63) is 23.3 Å². The fourth-order valence-electron chi connectivity index (χ4n) is 2.80. The van der Waals surface area contributed by atoms with Crippen LogP contribution in [0.1, 0.15) is 37.3 Å². The molecular formula is C19H29NO6. The molecule has 1 N–H and O–H groups in total. The summed E-state index contributed by atoms with van der Waals surface area (Å²) in [5.74, 6) is -0.774. The zero-order valence-electron chi connectivity index (χ0n) is 16.2. The molecule has 1 aromatic carbocycles. The lowest BCUT2D eigenvalue weighted by Crippen LogP contribution is -2.31. The van der Waals surface area contributed by atoms with Crippen molar-refractivity contribution in [3.8, 4) is 11.5 Å². The van der Waals surface area contributed by atoms with Crippen molar-refractivity contribution in [2.45, 2.75) is 32.6 Å². The van der Waals surface area contributed by atoms with E-state index in [9.17, 15) is 14.7 Å². The van der Waals surface area contributed by atoms with Gasteiger partial charge in [0.15, 0.2) is 0 Å². The van der Waals surface area contributed by atoms with Gasteiger partial charge in [-0.3, -0.25) is 9.59 Å². The lowest BCUT2D eigenvalue weighted by molar-refractivity contribution is -0.143. The molecule has 0 saturated carbocycles. The lowest BCUT2D eigenvalue weighted by Gasteiger charge is -2.23. The largest absolute Gasteiger partial charge is 0.496 e. The van der Waals surface area contributed by atoms with Crippen LogP contribution in [-0.4, -0.2) is 62.9 Å². The van der Waals surface area contributed by atoms with Gasteiger partial charge in [-0.1, -0.05) is 6.92 Å². The number of carbonyl (C=O) groups excluding carboxylic acids is 1. The number of esters is 1. The monoisotopic (exact) mass is 367 g/mol. The lowest BCUT2D eigenvalue weighted by atomic mass is 9.95. The van der Waals surface area contributed by atoms with E-state index in [1.807, 2.05) is 11.8 Å². The van der Waals surface area contributed by atoms with Gasteiger partial charge < -0.3 is 24.2 Å². The minimum absolute atomic E-state index is 0.220. The van der Waals surface area contributed by atoms with Crippen LogP contribution in [0.5, 0.6) is 11.5 Å². The maximum Gasteiger partial charge on any atom is 0.312 e. The molecule has 0 heterocycles. The average Bonchev–Trinajstić information content (AvgIpc) is 2.63. The quantitative estimate of drug-likeness (QED) is 0.601. The molecule has 0 fully saturated rings. The van der Waals surface area contributed by atoms with Gasteiger partial charge in [0.25, 0.3) is 0 Å². The van der Waals surface area contributed by atoms with E-state index < -0.39 is 11.9 Å². The van der Waals surface area contributed by atoms with Gasteiger partial charge >= 0.3 is 11.9 Å². The second-order valence-corrected chi connectivity index (χ2v) is 5.97. The first-order chi connectivity index (χ1) is 12.4. The highest BCUT2D eigenvalue weighted by Crippen LogP contribution is 2.34. The third-order valence-electron chi connectivity index (χ3n) is 4.18. The average molecular weight is 367 g/mol. The molecule has 1 rings (SSSR count). The predicted molar refractivity (Wildman–Crippen MR) is 98.0 cm³/mol. The van der Waals surface area contributed by atoms with Gasteiger partial charge in [-0.25, -0.2) is 0 Å². The molecule has 0 bridgehead atoms. The van der Waals surface area contributed by atoms with Crippen molar-refractivity contribution in [1.82, 2.24) is 4.90 Å². The Morgan fingerprint density at radius 1 is 1.15 bits per heavy atom. The normalized spacial score (nSPS) is 11.9. The van der Waals surface area contributed by atoms with Crippen molar-refractivity contribution in [2.24, 2.45) is 0 Å². The number of likely N-dealkylation sites (N-methyl/N-ethyl adjacent to an activating group) is 1. The molecule has 7 nitrogen and oxygen atoms in total. The summed E-state index contributed by atoms with van der Waals surface area (Å²) in [4.78, 5) is 25.1. The number of aliphatic carboxylic acids is 1. The Kier molecular flexibility index (Phi) is 8.92. The van der Waals surface area contributed by atoms with Gasteiger partial charge in [-0.05, 0) is 38.1 Å². The first kappa shape index (κ1) is 21.8. The number of hydrogen-bond acceptors (Lipinski definition) is 6. The zero-order chi connectivity index (χ0) is 19.7. The van der Waals surface area contributed by atoms with Crippen LogP contribution < -0.4 is 9.47 Å². The van der Waals surface area contributed by atoms with Crippen LogP contribution in [0.2, 0.25) is 0 Å². The number of hydrogen-bond donors (Lipinski definition) is 1. The number of carboxylic acids is 1. The van der Waals surface area contributed by atoms with Crippen LogP contribution in [0.15, 0.2) is 12.1 Å². The number of rotatable bonds is 11. The maximum atomic E-state index is 11.8. The van der Waals surface area contributed by atoms with E-state index in [1.54, 1.807) is 40.3 Å². The first-order valence-electron chi connectivity index (χ1n) is 8.69. The van der Waals surface area contributed by atoms with Crippen molar-refractivity contribution in [3.63, 3.8) is 0 Å².